The first-order valence-electron chi connectivity index (χ1n) is 9.12. The van der Waals surface area contributed by atoms with E-state index in [-0.39, 0.29) is 35.7 Å². The van der Waals surface area contributed by atoms with Crippen molar-refractivity contribution in [2.24, 2.45) is 5.92 Å². The highest BCUT2D eigenvalue weighted by molar-refractivity contribution is 5.84. The molecule has 0 N–H and O–H groups in total. The Morgan fingerprint density at radius 2 is 1.85 bits per heavy atom. The van der Waals surface area contributed by atoms with Gasteiger partial charge < -0.3 is 14.4 Å². The zero-order valence-electron chi connectivity index (χ0n) is 16.6. The van der Waals surface area contributed by atoms with Crippen LogP contribution in [-0.4, -0.2) is 87.3 Å². The number of halogens is 2. The third-order valence-corrected chi connectivity index (χ3v) is 5.12. The van der Waals surface area contributed by atoms with Crippen LogP contribution in [0.2, 0.25) is 0 Å². The molecule has 3 atom stereocenters. The first-order valence-corrected chi connectivity index (χ1v) is 9.12. The molecule has 1 aliphatic heterocycles. The molecule has 0 aromatic rings. The van der Waals surface area contributed by atoms with Gasteiger partial charge >= 0.3 is 5.91 Å². The lowest BCUT2D eigenvalue weighted by molar-refractivity contribution is -0.845. The Balaban J connectivity index is 2.95. The van der Waals surface area contributed by atoms with Gasteiger partial charge in [-0.1, -0.05) is 6.92 Å². The molecule has 1 saturated heterocycles. The number of ether oxygens (including phenoxy) is 2. The van der Waals surface area contributed by atoms with Crippen LogP contribution in [-0.2, 0) is 19.1 Å². The average Bonchev–Trinajstić information content (AvgIpc) is 2.80. The van der Waals surface area contributed by atoms with Crippen molar-refractivity contribution >= 4 is 11.8 Å². The second kappa shape index (κ2) is 9.71. The summed E-state index contributed by atoms with van der Waals surface area (Å²) in [5.74, 6) is -3.51. The van der Waals surface area contributed by atoms with Gasteiger partial charge in [0.1, 0.15) is 0 Å². The summed E-state index contributed by atoms with van der Waals surface area (Å²) in [5.41, 5.74) is 0. The summed E-state index contributed by atoms with van der Waals surface area (Å²) in [7, 11) is 4.82. The minimum absolute atomic E-state index is 0.0971. The van der Waals surface area contributed by atoms with Crippen molar-refractivity contribution in [2.75, 3.05) is 54.1 Å². The number of alkyl halides is 2. The van der Waals surface area contributed by atoms with Gasteiger partial charge in [0.25, 0.3) is 5.91 Å². The smallest absolute Gasteiger partial charge is 0.314 e. The standard InChI is InChI=1S/C18H33F2N2O4/c1-6-15(17(24)21(7-9-25-4)8-10-26-5)22(3)13-14(11-16(22)23)12-18(2,19)20/h14-15H,6-13H2,1-5H3/q+1/t14-,15?,22?/m0/s1. The number of quaternary nitrogens is 1. The lowest BCUT2D eigenvalue weighted by Gasteiger charge is -2.37. The summed E-state index contributed by atoms with van der Waals surface area (Å²) in [6.07, 6.45) is 0.237. The summed E-state index contributed by atoms with van der Waals surface area (Å²) < 4.78 is 36.8. The Morgan fingerprint density at radius 3 is 2.27 bits per heavy atom. The number of methoxy groups -OCH3 is 2. The molecule has 0 aliphatic carbocycles. The molecular formula is C18H33F2N2O4+. The molecule has 1 fully saturated rings. The number of carbonyl (C=O) groups excluding carboxylic acids is 2. The van der Waals surface area contributed by atoms with Gasteiger partial charge in [-0.05, 0) is 6.92 Å². The number of nitrogens with zero attached hydrogens (tertiary/aromatic N) is 2. The number of likely N-dealkylation sites (N-methyl/N-ethyl adjacent to an activating group) is 1. The molecule has 26 heavy (non-hydrogen) atoms. The molecule has 2 unspecified atom stereocenters. The van der Waals surface area contributed by atoms with E-state index >= 15 is 0 Å². The molecule has 2 amide bonds. The first kappa shape index (κ1) is 22.9. The second-order valence-electron chi connectivity index (χ2n) is 7.42. The summed E-state index contributed by atoms with van der Waals surface area (Å²) >= 11 is 0. The highest BCUT2D eigenvalue weighted by Gasteiger charge is 2.52. The molecule has 1 rings (SSSR count). The Bertz CT molecular complexity index is 476. The van der Waals surface area contributed by atoms with Crippen molar-refractivity contribution in [3.05, 3.63) is 0 Å². The van der Waals surface area contributed by atoms with Gasteiger partial charge in [0, 0.05) is 46.1 Å². The number of hydrogen-bond donors (Lipinski definition) is 0. The van der Waals surface area contributed by atoms with Gasteiger partial charge in [0.05, 0.1) is 33.2 Å². The van der Waals surface area contributed by atoms with Gasteiger partial charge in [0.15, 0.2) is 6.04 Å². The van der Waals surface area contributed by atoms with Gasteiger partial charge in [-0.3, -0.25) is 9.28 Å². The predicted molar refractivity (Wildman–Crippen MR) is 93.8 cm³/mol. The maximum Gasteiger partial charge on any atom is 0.314 e. The number of rotatable bonds is 11. The van der Waals surface area contributed by atoms with Gasteiger partial charge in [-0.15, -0.1) is 0 Å². The first-order chi connectivity index (χ1) is 12.1. The maximum atomic E-state index is 13.4. The van der Waals surface area contributed by atoms with Crippen molar-refractivity contribution in [2.45, 2.75) is 45.1 Å². The monoisotopic (exact) mass is 379 g/mol. The fraction of sp³-hybridized carbons (Fsp3) is 0.889. The molecule has 0 aromatic carbocycles. The maximum absolute atomic E-state index is 13.4. The highest BCUT2D eigenvalue weighted by Crippen LogP contribution is 2.35. The van der Waals surface area contributed by atoms with E-state index < -0.39 is 17.9 Å². The fourth-order valence-corrected chi connectivity index (χ4v) is 3.87. The average molecular weight is 379 g/mol. The number of hydrogen-bond acceptors (Lipinski definition) is 4. The highest BCUT2D eigenvalue weighted by atomic mass is 19.3. The van der Waals surface area contributed by atoms with Gasteiger partial charge in [-0.2, -0.15) is 0 Å². The summed E-state index contributed by atoms with van der Waals surface area (Å²) in [6, 6.07) is -0.577. The lowest BCUT2D eigenvalue weighted by atomic mass is 10.0. The molecule has 0 saturated carbocycles. The van der Waals surface area contributed by atoms with Gasteiger partial charge in [0.2, 0.25) is 5.92 Å². The Labute approximate surface area is 155 Å². The van der Waals surface area contributed by atoms with E-state index in [1.54, 1.807) is 26.2 Å². The number of likely N-dealkylation sites (tertiary alicyclic amines) is 1. The molecule has 0 radical (unpaired) electrons. The molecule has 0 aromatic heterocycles. The van der Waals surface area contributed by atoms with Crippen LogP contribution in [0, 0.1) is 5.92 Å². The minimum atomic E-state index is -2.81. The quantitative estimate of drug-likeness (QED) is 0.515. The normalized spacial score (nSPS) is 24.7. The third-order valence-electron chi connectivity index (χ3n) is 5.12. The van der Waals surface area contributed by atoms with Crippen molar-refractivity contribution in [3.8, 4) is 0 Å². The second-order valence-corrected chi connectivity index (χ2v) is 7.42. The Morgan fingerprint density at radius 1 is 1.31 bits per heavy atom. The summed E-state index contributed by atoms with van der Waals surface area (Å²) in [5, 5.41) is 0. The van der Waals surface area contributed by atoms with Crippen LogP contribution in [0.3, 0.4) is 0 Å². The van der Waals surface area contributed by atoms with Crippen LogP contribution in [0.5, 0.6) is 0 Å². The number of amides is 2. The minimum Gasteiger partial charge on any atom is -0.383 e. The van der Waals surface area contributed by atoms with Crippen LogP contribution >= 0.6 is 0 Å². The molecule has 152 valence electrons. The van der Waals surface area contributed by atoms with E-state index in [0.29, 0.717) is 32.7 Å². The molecule has 1 aliphatic rings. The van der Waals surface area contributed by atoms with Crippen molar-refractivity contribution < 1.29 is 32.3 Å². The van der Waals surface area contributed by atoms with E-state index in [9.17, 15) is 18.4 Å². The van der Waals surface area contributed by atoms with E-state index in [1.165, 1.54) is 0 Å². The molecule has 1 heterocycles. The van der Waals surface area contributed by atoms with Crippen LogP contribution in [0.1, 0.15) is 33.1 Å². The van der Waals surface area contributed by atoms with Gasteiger partial charge in [-0.25, -0.2) is 13.6 Å². The van der Waals surface area contributed by atoms with Crippen molar-refractivity contribution in [1.29, 1.82) is 0 Å². The van der Waals surface area contributed by atoms with Crippen LogP contribution < -0.4 is 0 Å². The molecule has 0 bridgehead atoms. The largest absolute Gasteiger partial charge is 0.383 e. The topological polar surface area (TPSA) is 55.8 Å². The predicted octanol–water partition coefficient (Wildman–Crippen LogP) is 1.92. The molecule has 8 heteroatoms. The zero-order chi connectivity index (χ0) is 20.0. The summed E-state index contributed by atoms with van der Waals surface area (Å²) in [4.78, 5) is 27.4. The van der Waals surface area contributed by atoms with E-state index in [1.807, 2.05) is 6.92 Å². The Kier molecular flexibility index (Phi) is 8.56. The third kappa shape index (κ3) is 5.96. The molecular weight excluding hydrogens is 346 g/mol. The fourth-order valence-electron chi connectivity index (χ4n) is 3.87. The zero-order valence-corrected chi connectivity index (χ0v) is 16.6. The number of carbonyl (C=O) groups is 2. The summed E-state index contributed by atoms with van der Waals surface area (Å²) in [6.45, 7) is 4.57. The van der Waals surface area contributed by atoms with Crippen LogP contribution in [0.15, 0.2) is 0 Å². The van der Waals surface area contributed by atoms with Crippen molar-refractivity contribution in [1.82, 2.24) is 4.90 Å². The van der Waals surface area contributed by atoms with E-state index in [2.05, 4.69) is 0 Å². The van der Waals surface area contributed by atoms with E-state index in [4.69, 9.17) is 9.47 Å². The van der Waals surface area contributed by atoms with Crippen LogP contribution in [0.4, 0.5) is 8.78 Å². The molecule has 6 nitrogen and oxygen atoms in total. The van der Waals surface area contributed by atoms with Crippen molar-refractivity contribution in [3.63, 3.8) is 0 Å². The molecule has 0 spiro atoms. The van der Waals surface area contributed by atoms with E-state index in [0.717, 1.165) is 6.92 Å². The lowest BCUT2D eigenvalue weighted by Crippen LogP contribution is -2.60. The SMILES string of the molecule is CCC(C(=O)N(CCOC)CCOC)[N+]1(C)C[C@H](CC(C)(F)F)CC1=O. The Hall–Kier alpha value is -1.12. The van der Waals surface area contributed by atoms with Crippen LogP contribution in [0.25, 0.3) is 0 Å².